The Balaban J connectivity index is 1.88. The van der Waals surface area contributed by atoms with Crippen LogP contribution in [-0.2, 0) is 27.5 Å². The van der Waals surface area contributed by atoms with E-state index >= 15 is 0 Å². The zero-order valence-electron chi connectivity index (χ0n) is 11.9. The van der Waals surface area contributed by atoms with Gasteiger partial charge in [0.2, 0.25) is 0 Å². The number of hydroxylamine groups is 1. The lowest BCUT2D eigenvalue weighted by Gasteiger charge is -2.13. The maximum Gasteiger partial charge on any atom is 0.316 e. The van der Waals surface area contributed by atoms with Crippen LogP contribution in [0.3, 0.4) is 0 Å². The van der Waals surface area contributed by atoms with Crippen molar-refractivity contribution in [2.24, 2.45) is 5.92 Å². The van der Waals surface area contributed by atoms with Crippen molar-refractivity contribution in [1.82, 2.24) is 5.48 Å². The summed E-state index contributed by atoms with van der Waals surface area (Å²) in [6.07, 6.45) is 0.122. The first-order chi connectivity index (χ1) is 10.7. The summed E-state index contributed by atoms with van der Waals surface area (Å²) in [4.78, 5) is 28.3. The highest BCUT2D eigenvalue weighted by molar-refractivity contribution is 5.96. The van der Waals surface area contributed by atoms with E-state index in [1.807, 2.05) is 36.4 Å². The average molecular weight is 299 g/mol. The van der Waals surface area contributed by atoms with Crippen LogP contribution < -0.4 is 5.48 Å². The highest BCUT2D eigenvalue weighted by Crippen LogP contribution is 2.10. The Labute approximate surface area is 128 Å². The summed E-state index contributed by atoms with van der Waals surface area (Å²) in [6.45, 7) is 0.185. The fourth-order valence-electron chi connectivity index (χ4n) is 1.98. The van der Waals surface area contributed by atoms with Crippen molar-refractivity contribution in [3.8, 4) is 0 Å². The van der Waals surface area contributed by atoms with E-state index in [0.717, 1.165) is 11.1 Å². The van der Waals surface area contributed by atoms with Crippen LogP contribution >= 0.6 is 0 Å². The predicted molar refractivity (Wildman–Crippen MR) is 80.6 cm³/mol. The van der Waals surface area contributed by atoms with Gasteiger partial charge in [0.25, 0.3) is 5.91 Å². The highest BCUT2D eigenvalue weighted by Gasteiger charge is 2.26. The summed E-state index contributed by atoms with van der Waals surface area (Å²) >= 11 is 0. The molecular weight excluding hydrogens is 282 g/mol. The molecule has 1 atom stereocenters. The van der Waals surface area contributed by atoms with E-state index in [-0.39, 0.29) is 13.0 Å². The van der Waals surface area contributed by atoms with Crippen molar-refractivity contribution in [3.63, 3.8) is 0 Å². The molecule has 2 aromatic carbocycles. The minimum Gasteiger partial charge on any atom is -0.481 e. The Hall–Kier alpha value is -2.66. The van der Waals surface area contributed by atoms with Gasteiger partial charge >= 0.3 is 5.97 Å². The van der Waals surface area contributed by atoms with E-state index < -0.39 is 17.8 Å². The molecule has 0 fully saturated rings. The smallest absolute Gasteiger partial charge is 0.316 e. The quantitative estimate of drug-likeness (QED) is 0.607. The molecule has 2 aromatic rings. The van der Waals surface area contributed by atoms with Gasteiger partial charge in [0.15, 0.2) is 0 Å². The second-order valence-corrected chi connectivity index (χ2v) is 4.82. The van der Waals surface area contributed by atoms with Crippen molar-refractivity contribution in [3.05, 3.63) is 71.8 Å². The molecule has 0 heterocycles. The number of rotatable bonds is 7. The fraction of sp³-hybridized carbons (Fsp3) is 0.176. The highest BCUT2D eigenvalue weighted by atomic mass is 16.6. The van der Waals surface area contributed by atoms with E-state index in [0.29, 0.717) is 0 Å². The molecule has 0 radical (unpaired) electrons. The second-order valence-electron chi connectivity index (χ2n) is 4.82. The van der Waals surface area contributed by atoms with Crippen LogP contribution in [0, 0.1) is 5.92 Å². The Bertz CT molecular complexity index is 613. The largest absolute Gasteiger partial charge is 0.481 e. The van der Waals surface area contributed by atoms with Crippen molar-refractivity contribution < 1.29 is 19.5 Å². The molecule has 0 unspecified atom stereocenters. The Morgan fingerprint density at radius 1 is 0.955 bits per heavy atom. The number of carboxylic acid groups (broad SMARTS) is 1. The lowest BCUT2D eigenvalue weighted by Crippen LogP contribution is -2.36. The monoisotopic (exact) mass is 299 g/mol. The van der Waals surface area contributed by atoms with Gasteiger partial charge in [-0.2, -0.15) is 0 Å². The number of carbonyl (C=O) groups is 2. The maximum atomic E-state index is 12.0. The van der Waals surface area contributed by atoms with Crippen LogP contribution in [0.25, 0.3) is 0 Å². The Kier molecular flexibility index (Phi) is 5.68. The molecule has 2 rings (SSSR count). The van der Waals surface area contributed by atoms with Crippen LogP contribution in [-0.4, -0.2) is 17.0 Å². The fourth-order valence-corrected chi connectivity index (χ4v) is 1.98. The normalized spacial score (nSPS) is 11.6. The number of nitrogens with one attached hydrogen (secondary N) is 1. The molecule has 0 saturated carbocycles. The number of carboxylic acids is 1. The van der Waals surface area contributed by atoms with Gasteiger partial charge in [-0.05, 0) is 17.5 Å². The third kappa shape index (κ3) is 4.71. The Morgan fingerprint density at radius 2 is 1.50 bits per heavy atom. The molecule has 22 heavy (non-hydrogen) atoms. The standard InChI is InChI=1S/C17H17NO4/c19-16(18-22-12-14-9-5-2-6-10-14)15(17(20)21)11-13-7-3-1-4-8-13/h1-10,15H,11-12H2,(H,18,19)(H,20,21)/t15-/m0/s1. The summed E-state index contributed by atoms with van der Waals surface area (Å²) < 4.78 is 0. The minimum absolute atomic E-state index is 0.122. The molecule has 0 saturated heterocycles. The summed E-state index contributed by atoms with van der Waals surface area (Å²) in [5.41, 5.74) is 3.89. The van der Waals surface area contributed by atoms with Crippen LogP contribution in [0.2, 0.25) is 0 Å². The molecule has 5 heteroatoms. The molecule has 1 amide bonds. The second kappa shape index (κ2) is 7.95. The maximum absolute atomic E-state index is 12.0. The van der Waals surface area contributed by atoms with E-state index in [1.165, 1.54) is 0 Å². The van der Waals surface area contributed by atoms with Gasteiger partial charge in [-0.15, -0.1) is 0 Å². The van der Waals surface area contributed by atoms with E-state index in [1.54, 1.807) is 24.3 Å². The molecule has 0 spiro atoms. The van der Waals surface area contributed by atoms with Crippen molar-refractivity contribution >= 4 is 11.9 Å². The van der Waals surface area contributed by atoms with E-state index in [2.05, 4.69) is 5.48 Å². The lowest BCUT2D eigenvalue weighted by molar-refractivity contribution is -0.152. The Morgan fingerprint density at radius 3 is 2.05 bits per heavy atom. The third-order valence-corrected chi connectivity index (χ3v) is 3.15. The number of aliphatic carboxylic acids is 1. The molecule has 0 aliphatic heterocycles. The first-order valence-corrected chi connectivity index (χ1v) is 6.89. The lowest BCUT2D eigenvalue weighted by atomic mass is 9.99. The SMILES string of the molecule is O=C(O)[C@@H](Cc1ccccc1)C(=O)NOCc1ccccc1. The number of carbonyl (C=O) groups excluding carboxylic acids is 1. The summed E-state index contributed by atoms with van der Waals surface area (Å²) in [6, 6.07) is 18.3. The van der Waals surface area contributed by atoms with Gasteiger partial charge in [0.1, 0.15) is 5.92 Å². The molecule has 0 aliphatic rings. The molecule has 5 nitrogen and oxygen atoms in total. The topological polar surface area (TPSA) is 75.6 Å². The first-order valence-electron chi connectivity index (χ1n) is 6.89. The van der Waals surface area contributed by atoms with Crippen molar-refractivity contribution in [2.75, 3.05) is 0 Å². The molecule has 0 aliphatic carbocycles. The molecule has 0 bridgehead atoms. The van der Waals surface area contributed by atoms with Crippen LogP contribution in [0.15, 0.2) is 60.7 Å². The van der Waals surface area contributed by atoms with Gasteiger partial charge in [-0.25, -0.2) is 5.48 Å². The molecule has 114 valence electrons. The number of hydrogen-bond acceptors (Lipinski definition) is 3. The first kappa shape index (κ1) is 15.7. The summed E-state index contributed by atoms with van der Waals surface area (Å²) in [7, 11) is 0. The zero-order chi connectivity index (χ0) is 15.8. The molecule has 2 N–H and O–H groups in total. The van der Waals surface area contributed by atoms with Gasteiger partial charge in [0, 0.05) is 0 Å². The number of amides is 1. The van der Waals surface area contributed by atoms with E-state index in [4.69, 9.17) is 4.84 Å². The van der Waals surface area contributed by atoms with Gasteiger partial charge in [-0.3, -0.25) is 14.4 Å². The average Bonchev–Trinajstić information content (AvgIpc) is 2.54. The zero-order valence-corrected chi connectivity index (χ0v) is 11.9. The van der Waals surface area contributed by atoms with Crippen LogP contribution in [0.1, 0.15) is 11.1 Å². The molecule has 0 aromatic heterocycles. The third-order valence-electron chi connectivity index (χ3n) is 3.15. The number of benzene rings is 2. The van der Waals surface area contributed by atoms with Crippen molar-refractivity contribution in [1.29, 1.82) is 0 Å². The van der Waals surface area contributed by atoms with Gasteiger partial charge in [0.05, 0.1) is 6.61 Å². The minimum atomic E-state index is -1.18. The van der Waals surface area contributed by atoms with Crippen LogP contribution in [0.4, 0.5) is 0 Å². The van der Waals surface area contributed by atoms with Gasteiger partial charge < -0.3 is 5.11 Å². The van der Waals surface area contributed by atoms with Gasteiger partial charge in [-0.1, -0.05) is 60.7 Å². The predicted octanol–water partition coefficient (Wildman–Crippen LogP) is 2.18. The van der Waals surface area contributed by atoms with E-state index in [9.17, 15) is 14.7 Å². The number of hydrogen-bond donors (Lipinski definition) is 2. The molecular formula is C17H17NO4. The van der Waals surface area contributed by atoms with Crippen molar-refractivity contribution in [2.45, 2.75) is 13.0 Å². The van der Waals surface area contributed by atoms with Crippen LogP contribution in [0.5, 0.6) is 0 Å². The summed E-state index contributed by atoms with van der Waals surface area (Å²) in [5.74, 6) is -3.02. The summed E-state index contributed by atoms with van der Waals surface area (Å²) in [5, 5.41) is 9.20.